The fraction of sp³-hybridized carbons (Fsp3) is 0.375. The number of aliphatic hydroxyl groups is 1. The topological polar surface area (TPSA) is 58.6 Å². The smallest absolute Gasteiger partial charge is 0.416 e. The normalized spacial score (nSPS) is 22.5. The van der Waals surface area contributed by atoms with Crippen LogP contribution in [0.5, 0.6) is 5.75 Å². The Labute approximate surface area is 177 Å². The molecule has 2 aromatic carbocycles. The molecule has 1 heterocycles. The van der Waals surface area contributed by atoms with E-state index in [4.69, 9.17) is 4.74 Å². The van der Waals surface area contributed by atoms with Gasteiger partial charge >= 0.3 is 6.18 Å². The van der Waals surface area contributed by atoms with Crippen molar-refractivity contribution in [3.8, 4) is 5.75 Å². The van der Waals surface area contributed by atoms with E-state index in [0.717, 1.165) is 42.5 Å². The molecule has 0 aromatic heterocycles. The largest absolute Gasteiger partial charge is 0.486 e. The molecule has 1 spiro atoms. The molecule has 1 unspecified atom stereocenters. The molecule has 1 aliphatic heterocycles. The number of alkyl halides is 3. The first kappa shape index (κ1) is 20.1. The number of ether oxygens (including phenoxy) is 1. The molecule has 0 bridgehead atoms. The van der Waals surface area contributed by atoms with Crippen LogP contribution in [0.4, 0.5) is 18.9 Å². The Morgan fingerprint density at radius 3 is 2.71 bits per heavy atom. The molecule has 1 saturated carbocycles. The third-order valence-corrected chi connectivity index (χ3v) is 6.49. The molecule has 2 aliphatic carbocycles. The van der Waals surface area contributed by atoms with Crippen LogP contribution in [-0.2, 0) is 23.8 Å². The highest BCUT2D eigenvalue weighted by atomic mass is 19.4. The van der Waals surface area contributed by atoms with Crippen molar-refractivity contribution in [3.05, 3.63) is 64.7 Å². The molecule has 2 aromatic rings. The Morgan fingerprint density at radius 2 is 2.00 bits per heavy atom. The zero-order chi connectivity index (χ0) is 21.8. The minimum Gasteiger partial charge on any atom is -0.486 e. The number of hydrogen-bond acceptors (Lipinski definition) is 3. The van der Waals surface area contributed by atoms with Crippen molar-refractivity contribution in [2.45, 2.75) is 56.4 Å². The highest BCUT2D eigenvalue weighted by molar-refractivity contribution is 6.05. The fourth-order valence-electron chi connectivity index (χ4n) is 4.81. The first-order valence-corrected chi connectivity index (χ1v) is 10.4. The van der Waals surface area contributed by atoms with Crippen LogP contribution in [0.2, 0.25) is 0 Å². The van der Waals surface area contributed by atoms with E-state index in [1.54, 1.807) is 6.07 Å². The maximum atomic E-state index is 13.2. The van der Waals surface area contributed by atoms with E-state index < -0.39 is 23.4 Å². The van der Waals surface area contributed by atoms with Crippen molar-refractivity contribution >= 4 is 17.2 Å². The van der Waals surface area contributed by atoms with Gasteiger partial charge in [0.1, 0.15) is 11.4 Å². The minimum absolute atomic E-state index is 0.184. The van der Waals surface area contributed by atoms with Gasteiger partial charge in [-0.15, -0.1) is 0 Å². The van der Waals surface area contributed by atoms with Gasteiger partial charge in [-0.3, -0.25) is 4.79 Å². The van der Waals surface area contributed by atoms with Crippen molar-refractivity contribution in [2.24, 2.45) is 0 Å². The standard InChI is InChI=1S/C24H22F3NO3/c25-24(26,27)16-5-6-18-15(13-23(7-2-8-23)31-21(18)11-16)10-22(30)28-20-4-1-3-14-9-17(29)12-19(14)20/h1,3-6,10-11,17,29H,2,7-9,12-13H2,(H,28,30)/b15-10+. The van der Waals surface area contributed by atoms with Gasteiger partial charge in [0.15, 0.2) is 0 Å². The number of anilines is 1. The summed E-state index contributed by atoms with van der Waals surface area (Å²) in [5.41, 5.74) is 2.52. The van der Waals surface area contributed by atoms with Crippen molar-refractivity contribution < 1.29 is 27.8 Å². The summed E-state index contributed by atoms with van der Waals surface area (Å²) in [4.78, 5) is 12.8. The second-order valence-corrected chi connectivity index (χ2v) is 8.69. The van der Waals surface area contributed by atoms with E-state index in [-0.39, 0.29) is 11.7 Å². The number of nitrogens with one attached hydrogen (secondary N) is 1. The van der Waals surface area contributed by atoms with Crippen LogP contribution in [0.1, 0.15) is 47.9 Å². The van der Waals surface area contributed by atoms with Crippen molar-refractivity contribution in [2.75, 3.05) is 5.32 Å². The molecule has 0 saturated heterocycles. The highest BCUT2D eigenvalue weighted by Crippen LogP contribution is 2.50. The lowest BCUT2D eigenvalue weighted by Gasteiger charge is -2.46. The molecule has 7 heteroatoms. The monoisotopic (exact) mass is 429 g/mol. The first-order valence-electron chi connectivity index (χ1n) is 10.4. The van der Waals surface area contributed by atoms with Crippen LogP contribution in [0, 0.1) is 0 Å². The van der Waals surface area contributed by atoms with Gasteiger partial charge in [0, 0.05) is 30.2 Å². The molecule has 31 heavy (non-hydrogen) atoms. The Bertz CT molecular complexity index is 1090. The van der Waals surface area contributed by atoms with Crippen LogP contribution in [0.3, 0.4) is 0 Å². The van der Waals surface area contributed by atoms with Gasteiger partial charge in [-0.2, -0.15) is 13.2 Å². The summed E-state index contributed by atoms with van der Waals surface area (Å²) in [7, 11) is 0. The van der Waals surface area contributed by atoms with E-state index in [9.17, 15) is 23.1 Å². The molecule has 1 atom stereocenters. The van der Waals surface area contributed by atoms with Crippen LogP contribution in [0.25, 0.3) is 5.57 Å². The van der Waals surface area contributed by atoms with Crippen molar-refractivity contribution in [1.82, 2.24) is 0 Å². The van der Waals surface area contributed by atoms with Crippen LogP contribution >= 0.6 is 0 Å². The lowest BCUT2D eigenvalue weighted by molar-refractivity contribution is -0.138. The van der Waals surface area contributed by atoms with Crippen molar-refractivity contribution in [3.63, 3.8) is 0 Å². The van der Waals surface area contributed by atoms with E-state index in [2.05, 4.69) is 5.32 Å². The van der Waals surface area contributed by atoms with Gasteiger partial charge in [0.25, 0.3) is 0 Å². The number of benzene rings is 2. The Balaban J connectivity index is 1.46. The van der Waals surface area contributed by atoms with E-state index in [0.29, 0.717) is 36.1 Å². The van der Waals surface area contributed by atoms with E-state index in [1.807, 2.05) is 12.1 Å². The number of carbonyl (C=O) groups excluding carboxylic acids is 1. The number of aliphatic hydroxyl groups excluding tert-OH is 1. The lowest BCUT2D eigenvalue weighted by atomic mass is 9.72. The van der Waals surface area contributed by atoms with Gasteiger partial charge in [-0.05, 0) is 60.6 Å². The minimum atomic E-state index is -4.46. The Morgan fingerprint density at radius 1 is 1.19 bits per heavy atom. The van der Waals surface area contributed by atoms with Gasteiger partial charge in [0.05, 0.1) is 11.7 Å². The van der Waals surface area contributed by atoms with Crippen LogP contribution in [-0.4, -0.2) is 22.7 Å². The first-order chi connectivity index (χ1) is 14.7. The molecule has 2 N–H and O–H groups in total. The number of rotatable bonds is 2. The maximum Gasteiger partial charge on any atom is 0.416 e. The molecule has 5 rings (SSSR count). The summed E-state index contributed by atoms with van der Waals surface area (Å²) in [5.74, 6) is -0.157. The number of fused-ring (bicyclic) bond motifs is 2. The van der Waals surface area contributed by atoms with Crippen molar-refractivity contribution in [1.29, 1.82) is 0 Å². The second kappa shape index (κ2) is 7.12. The summed E-state index contributed by atoms with van der Waals surface area (Å²) >= 11 is 0. The summed E-state index contributed by atoms with van der Waals surface area (Å²) in [6, 6.07) is 9.02. The molecular formula is C24H22F3NO3. The quantitative estimate of drug-likeness (QED) is 0.669. The second-order valence-electron chi connectivity index (χ2n) is 8.69. The molecule has 4 nitrogen and oxygen atoms in total. The molecule has 0 radical (unpaired) electrons. The Kier molecular flexibility index (Phi) is 4.62. The SMILES string of the molecule is O=C(/C=C1\CC2(CCC2)Oc2cc(C(F)(F)F)ccc21)Nc1cccc2c1CC(O)C2. The van der Waals surface area contributed by atoms with Crippen LogP contribution in [0.15, 0.2) is 42.5 Å². The molecule has 1 fully saturated rings. The van der Waals surface area contributed by atoms with Gasteiger partial charge in [-0.1, -0.05) is 18.2 Å². The summed E-state index contributed by atoms with van der Waals surface area (Å²) in [5, 5.41) is 12.8. The Hall–Kier alpha value is -2.80. The number of carbonyl (C=O) groups is 1. The predicted octanol–water partition coefficient (Wildman–Crippen LogP) is 4.89. The zero-order valence-electron chi connectivity index (χ0n) is 16.8. The third kappa shape index (κ3) is 3.71. The number of hydrogen-bond donors (Lipinski definition) is 2. The summed E-state index contributed by atoms with van der Waals surface area (Å²) in [6.07, 6.45) is 0.572. The average Bonchev–Trinajstić information content (AvgIpc) is 3.06. The lowest BCUT2D eigenvalue weighted by Crippen LogP contribution is -2.45. The molecular weight excluding hydrogens is 407 g/mol. The average molecular weight is 429 g/mol. The summed E-state index contributed by atoms with van der Waals surface area (Å²) < 4.78 is 45.5. The molecule has 162 valence electrons. The van der Waals surface area contributed by atoms with E-state index in [1.165, 1.54) is 12.1 Å². The van der Waals surface area contributed by atoms with Gasteiger partial charge in [-0.25, -0.2) is 0 Å². The maximum absolute atomic E-state index is 13.2. The van der Waals surface area contributed by atoms with Gasteiger partial charge < -0.3 is 15.2 Å². The predicted molar refractivity (Wildman–Crippen MR) is 110 cm³/mol. The zero-order valence-corrected chi connectivity index (χ0v) is 16.8. The number of halogens is 3. The molecule has 3 aliphatic rings. The molecule has 1 amide bonds. The third-order valence-electron chi connectivity index (χ3n) is 6.49. The van der Waals surface area contributed by atoms with E-state index >= 15 is 0 Å². The number of amides is 1. The fourth-order valence-corrected chi connectivity index (χ4v) is 4.81. The van der Waals surface area contributed by atoms with Crippen LogP contribution < -0.4 is 10.1 Å². The highest BCUT2D eigenvalue weighted by Gasteiger charge is 2.44. The van der Waals surface area contributed by atoms with Gasteiger partial charge in [0.2, 0.25) is 5.91 Å². The summed E-state index contributed by atoms with van der Waals surface area (Å²) in [6.45, 7) is 0.